The van der Waals surface area contributed by atoms with E-state index in [1.54, 1.807) is 37.5 Å². The van der Waals surface area contributed by atoms with Gasteiger partial charge in [-0.05, 0) is 36.8 Å². The van der Waals surface area contributed by atoms with Crippen LogP contribution in [0.5, 0.6) is 0 Å². The molecular formula is C18H16F3N5. The number of nitrogens with one attached hydrogen (secondary N) is 2. The van der Waals surface area contributed by atoms with Crippen LogP contribution in [-0.2, 0) is 6.18 Å². The first kappa shape index (κ1) is 17.7. The maximum absolute atomic E-state index is 13.1. The number of hydrogen-bond donors (Lipinski definition) is 2. The number of halogens is 3. The number of aryl methyl sites for hydroxylation is 1. The third kappa shape index (κ3) is 3.90. The third-order valence-electron chi connectivity index (χ3n) is 3.69. The van der Waals surface area contributed by atoms with Crippen LogP contribution in [0.25, 0.3) is 11.4 Å². The van der Waals surface area contributed by atoms with Gasteiger partial charge in [0.2, 0.25) is 5.95 Å². The van der Waals surface area contributed by atoms with Gasteiger partial charge >= 0.3 is 6.18 Å². The summed E-state index contributed by atoms with van der Waals surface area (Å²) in [4.78, 5) is 12.8. The normalized spacial score (nSPS) is 11.3. The summed E-state index contributed by atoms with van der Waals surface area (Å²) < 4.78 is 39.3. The molecule has 5 nitrogen and oxygen atoms in total. The molecule has 3 aromatic rings. The fraction of sp³-hybridized carbons (Fsp3) is 0.167. The van der Waals surface area contributed by atoms with E-state index in [0.29, 0.717) is 23.2 Å². The average molecular weight is 359 g/mol. The van der Waals surface area contributed by atoms with Gasteiger partial charge in [-0.1, -0.05) is 12.1 Å². The van der Waals surface area contributed by atoms with E-state index in [0.717, 1.165) is 6.07 Å². The molecule has 0 spiro atoms. The Morgan fingerprint density at radius 3 is 2.42 bits per heavy atom. The van der Waals surface area contributed by atoms with Gasteiger partial charge in [0.25, 0.3) is 0 Å². The summed E-state index contributed by atoms with van der Waals surface area (Å²) >= 11 is 0. The van der Waals surface area contributed by atoms with Gasteiger partial charge in [-0.2, -0.15) is 18.2 Å². The van der Waals surface area contributed by atoms with Crippen molar-refractivity contribution in [3.05, 3.63) is 59.8 Å². The highest BCUT2D eigenvalue weighted by molar-refractivity contribution is 5.65. The van der Waals surface area contributed by atoms with Crippen molar-refractivity contribution in [2.24, 2.45) is 0 Å². The van der Waals surface area contributed by atoms with Crippen LogP contribution < -0.4 is 10.6 Å². The Labute approximate surface area is 148 Å². The highest BCUT2D eigenvalue weighted by atomic mass is 19.4. The Morgan fingerprint density at radius 1 is 0.962 bits per heavy atom. The van der Waals surface area contributed by atoms with Crippen LogP contribution in [0.15, 0.2) is 48.7 Å². The van der Waals surface area contributed by atoms with Gasteiger partial charge in [-0.25, -0.2) is 4.98 Å². The molecule has 0 fully saturated rings. The SMILES string of the molecule is CNc1nc(Nc2ccc(C)c(C(F)(F)F)c2)cc(-c2ccccn2)n1. The van der Waals surface area contributed by atoms with Crippen molar-refractivity contribution in [2.75, 3.05) is 17.7 Å². The van der Waals surface area contributed by atoms with E-state index in [-0.39, 0.29) is 11.3 Å². The van der Waals surface area contributed by atoms with Crippen molar-refractivity contribution in [3.8, 4) is 11.4 Å². The standard InChI is InChI=1S/C18H16F3N5/c1-11-6-7-12(9-13(11)18(19,20)21)24-16-10-15(25-17(22-2)26-16)14-5-3-4-8-23-14/h3-10H,1-2H3,(H2,22,24,25,26). The van der Waals surface area contributed by atoms with Crippen LogP contribution >= 0.6 is 0 Å². The number of hydrogen-bond acceptors (Lipinski definition) is 5. The lowest BCUT2D eigenvalue weighted by Crippen LogP contribution is -2.08. The fourth-order valence-corrected chi connectivity index (χ4v) is 2.42. The zero-order valence-corrected chi connectivity index (χ0v) is 14.1. The predicted molar refractivity (Wildman–Crippen MR) is 94.3 cm³/mol. The van der Waals surface area contributed by atoms with Crippen molar-refractivity contribution in [3.63, 3.8) is 0 Å². The topological polar surface area (TPSA) is 62.7 Å². The quantitative estimate of drug-likeness (QED) is 0.710. The summed E-state index contributed by atoms with van der Waals surface area (Å²) in [7, 11) is 1.66. The number of benzene rings is 1. The summed E-state index contributed by atoms with van der Waals surface area (Å²) in [6, 6.07) is 11.1. The van der Waals surface area contributed by atoms with E-state index >= 15 is 0 Å². The number of anilines is 3. The Morgan fingerprint density at radius 2 is 1.77 bits per heavy atom. The molecule has 0 aliphatic rings. The van der Waals surface area contributed by atoms with Crippen LogP contribution in [-0.4, -0.2) is 22.0 Å². The summed E-state index contributed by atoms with van der Waals surface area (Å²) in [6.45, 7) is 1.43. The van der Waals surface area contributed by atoms with Gasteiger partial charge in [0.05, 0.1) is 17.0 Å². The van der Waals surface area contributed by atoms with Gasteiger partial charge in [0.15, 0.2) is 0 Å². The van der Waals surface area contributed by atoms with Crippen LogP contribution in [0, 0.1) is 6.92 Å². The first-order valence-corrected chi connectivity index (χ1v) is 7.80. The second-order valence-electron chi connectivity index (χ2n) is 5.58. The number of rotatable bonds is 4. The molecule has 2 heterocycles. The number of nitrogens with zero attached hydrogens (tertiary/aromatic N) is 3. The van der Waals surface area contributed by atoms with Gasteiger partial charge in [0, 0.05) is 25.0 Å². The first-order chi connectivity index (χ1) is 12.4. The van der Waals surface area contributed by atoms with Gasteiger partial charge in [0.1, 0.15) is 5.82 Å². The molecule has 0 radical (unpaired) electrons. The van der Waals surface area contributed by atoms with E-state index < -0.39 is 11.7 Å². The molecule has 0 bridgehead atoms. The molecule has 0 saturated heterocycles. The Bertz CT molecular complexity index is 910. The van der Waals surface area contributed by atoms with Crippen LogP contribution in [0.3, 0.4) is 0 Å². The minimum absolute atomic E-state index is 0.163. The Kier molecular flexibility index (Phi) is 4.75. The van der Waals surface area contributed by atoms with Crippen LogP contribution in [0.1, 0.15) is 11.1 Å². The van der Waals surface area contributed by atoms with E-state index in [1.807, 2.05) is 6.07 Å². The number of aromatic nitrogens is 3. The fourth-order valence-electron chi connectivity index (χ4n) is 2.42. The van der Waals surface area contributed by atoms with Crippen molar-refractivity contribution in [2.45, 2.75) is 13.1 Å². The second kappa shape index (κ2) is 6.99. The molecular weight excluding hydrogens is 343 g/mol. The number of pyridine rings is 1. The highest BCUT2D eigenvalue weighted by Crippen LogP contribution is 2.34. The second-order valence-corrected chi connectivity index (χ2v) is 5.58. The maximum Gasteiger partial charge on any atom is 0.416 e. The van der Waals surface area contributed by atoms with Crippen molar-refractivity contribution in [1.29, 1.82) is 0 Å². The smallest absolute Gasteiger partial charge is 0.357 e. The lowest BCUT2D eigenvalue weighted by atomic mass is 10.1. The average Bonchev–Trinajstić information content (AvgIpc) is 2.63. The summed E-state index contributed by atoms with van der Waals surface area (Å²) in [5, 5.41) is 5.75. The van der Waals surface area contributed by atoms with E-state index in [2.05, 4.69) is 25.6 Å². The molecule has 0 saturated carbocycles. The molecule has 2 aromatic heterocycles. The molecule has 0 amide bonds. The molecule has 0 aliphatic heterocycles. The van der Waals surface area contributed by atoms with Crippen LogP contribution in [0.2, 0.25) is 0 Å². The van der Waals surface area contributed by atoms with Crippen molar-refractivity contribution < 1.29 is 13.2 Å². The highest BCUT2D eigenvalue weighted by Gasteiger charge is 2.32. The largest absolute Gasteiger partial charge is 0.416 e. The zero-order valence-electron chi connectivity index (χ0n) is 14.1. The molecule has 26 heavy (non-hydrogen) atoms. The molecule has 0 atom stereocenters. The molecule has 3 rings (SSSR count). The lowest BCUT2D eigenvalue weighted by molar-refractivity contribution is -0.138. The summed E-state index contributed by atoms with van der Waals surface area (Å²) in [6.07, 6.45) is -2.78. The first-order valence-electron chi connectivity index (χ1n) is 7.80. The minimum Gasteiger partial charge on any atom is -0.357 e. The van der Waals surface area contributed by atoms with E-state index in [9.17, 15) is 13.2 Å². The molecule has 2 N–H and O–H groups in total. The van der Waals surface area contributed by atoms with E-state index in [1.165, 1.54) is 13.0 Å². The molecule has 1 aromatic carbocycles. The molecule has 134 valence electrons. The van der Waals surface area contributed by atoms with Gasteiger partial charge in [-0.15, -0.1) is 0 Å². The molecule has 0 aliphatic carbocycles. The van der Waals surface area contributed by atoms with Crippen LogP contribution in [0.4, 0.5) is 30.6 Å². The van der Waals surface area contributed by atoms with Crippen molar-refractivity contribution in [1.82, 2.24) is 15.0 Å². The molecule has 0 unspecified atom stereocenters. The van der Waals surface area contributed by atoms with E-state index in [4.69, 9.17) is 0 Å². The van der Waals surface area contributed by atoms with Gasteiger partial charge < -0.3 is 10.6 Å². The van der Waals surface area contributed by atoms with Crippen molar-refractivity contribution >= 4 is 17.5 Å². The zero-order chi connectivity index (χ0) is 18.7. The maximum atomic E-state index is 13.1. The van der Waals surface area contributed by atoms with Gasteiger partial charge in [-0.3, -0.25) is 4.98 Å². The number of alkyl halides is 3. The summed E-state index contributed by atoms with van der Waals surface area (Å²) in [5.41, 5.74) is 0.951. The minimum atomic E-state index is -4.41. The third-order valence-corrected chi connectivity index (χ3v) is 3.69. The summed E-state index contributed by atoms with van der Waals surface area (Å²) in [5.74, 6) is 0.695. The molecule has 8 heteroatoms. The monoisotopic (exact) mass is 359 g/mol. The Hall–Kier alpha value is -3.16. The predicted octanol–water partition coefficient (Wildman–Crippen LogP) is 4.65. The Balaban J connectivity index is 1.98. The lowest BCUT2D eigenvalue weighted by Gasteiger charge is -2.14.